The Hall–Kier alpha value is -4.37. The topological polar surface area (TPSA) is 96.0 Å². The van der Waals surface area contributed by atoms with E-state index >= 15 is 0 Å². The fourth-order valence-corrected chi connectivity index (χ4v) is 7.43. The van der Waals surface area contributed by atoms with E-state index in [1.54, 1.807) is 24.1 Å². The van der Waals surface area contributed by atoms with Gasteiger partial charge in [0.2, 0.25) is 11.8 Å². The fourth-order valence-electron chi connectivity index (χ4n) is 5.68. The van der Waals surface area contributed by atoms with Gasteiger partial charge in [-0.05, 0) is 60.5 Å². The Morgan fingerprint density at radius 1 is 0.932 bits per heavy atom. The van der Waals surface area contributed by atoms with Gasteiger partial charge in [-0.1, -0.05) is 73.7 Å². The minimum atomic E-state index is -3.73. The van der Waals surface area contributed by atoms with E-state index in [1.165, 1.54) is 4.31 Å². The molecule has 2 amide bonds. The van der Waals surface area contributed by atoms with Gasteiger partial charge in [0.25, 0.3) is 10.0 Å². The molecule has 44 heavy (non-hydrogen) atoms. The second-order valence-electron chi connectivity index (χ2n) is 11.2. The van der Waals surface area contributed by atoms with Crippen LogP contribution in [0.4, 0.5) is 5.69 Å². The van der Waals surface area contributed by atoms with Gasteiger partial charge in [0, 0.05) is 37.4 Å². The van der Waals surface area contributed by atoms with Crippen LogP contribution in [0.2, 0.25) is 0 Å². The lowest BCUT2D eigenvalue weighted by Gasteiger charge is -2.32. The van der Waals surface area contributed by atoms with Gasteiger partial charge in [0.05, 0.1) is 17.7 Å². The first-order chi connectivity index (χ1) is 21.2. The third kappa shape index (κ3) is 6.58. The maximum atomic E-state index is 14.1. The van der Waals surface area contributed by atoms with Crippen LogP contribution in [0, 0.1) is 0 Å². The second-order valence-corrected chi connectivity index (χ2v) is 13.0. The number of rotatable bonds is 13. The van der Waals surface area contributed by atoms with Gasteiger partial charge >= 0.3 is 0 Å². The molecule has 0 bridgehead atoms. The fraction of sp³-hybridized carbons (Fsp3) is 0.314. The highest BCUT2D eigenvalue weighted by Crippen LogP contribution is 2.42. The second kappa shape index (κ2) is 13.5. The summed E-state index contributed by atoms with van der Waals surface area (Å²) in [5, 5.41) is 4.66. The molecule has 0 aliphatic carbocycles. The molecule has 0 saturated carbocycles. The lowest BCUT2D eigenvalue weighted by molar-refractivity contribution is -0.141. The molecule has 4 aromatic rings. The average molecular weight is 614 g/mol. The molecule has 0 saturated heterocycles. The summed E-state index contributed by atoms with van der Waals surface area (Å²) in [6, 6.07) is 27.1. The molecule has 230 valence electrons. The Bertz CT molecular complexity index is 1740. The van der Waals surface area contributed by atoms with Crippen molar-refractivity contribution in [2.24, 2.45) is 0 Å². The van der Waals surface area contributed by atoms with Gasteiger partial charge in [0.1, 0.15) is 11.8 Å². The van der Waals surface area contributed by atoms with Crippen molar-refractivity contribution < 1.29 is 22.7 Å². The number of ether oxygens (including phenoxy) is 1. The molecule has 0 radical (unpaired) electrons. The molecule has 0 spiro atoms. The van der Waals surface area contributed by atoms with Crippen LogP contribution in [0.25, 0.3) is 10.8 Å². The zero-order valence-electron chi connectivity index (χ0n) is 25.4. The van der Waals surface area contributed by atoms with E-state index in [1.807, 2.05) is 92.7 Å². The van der Waals surface area contributed by atoms with Crippen molar-refractivity contribution in [3.63, 3.8) is 0 Å². The summed E-state index contributed by atoms with van der Waals surface area (Å²) in [5.41, 5.74) is 2.40. The van der Waals surface area contributed by atoms with Crippen molar-refractivity contribution in [3.05, 3.63) is 102 Å². The molecule has 0 fully saturated rings. The van der Waals surface area contributed by atoms with Crippen LogP contribution in [0.5, 0.6) is 5.75 Å². The molecule has 1 heterocycles. The molecule has 0 aromatic heterocycles. The Balaban J connectivity index is 1.41. The van der Waals surface area contributed by atoms with Gasteiger partial charge in [-0.15, -0.1) is 0 Å². The van der Waals surface area contributed by atoms with E-state index in [-0.39, 0.29) is 37.4 Å². The van der Waals surface area contributed by atoms with Gasteiger partial charge in [-0.3, -0.25) is 13.9 Å². The highest BCUT2D eigenvalue weighted by Gasteiger charge is 2.36. The quantitative estimate of drug-likeness (QED) is 0.209. The molecule has 5 rings (SSSR count). The number of methoxy groups -OCH3 is 1. The normalized spacial score (nSPS) is 14.7. The number of benzene rings is 4. The Kier molecular flexibility index (Phi) is 9.54. The van der Waals surface area contributed by atoms with Crippen LogP contribution < -0.4 is 14.4 Å². The van der Waals surface area contributed by atoms with E-state index < -0.39 is 16.1 Å². The smallest absolute Gasteiger partial charge is 0.265 e. The first-order valence-electron chi connectivity index (χ1n) is 15.0. The molecule has 8 nitrogen and oxygen atoms in total. The number of amides is 2. The first-order valence-corrected chi connectivity index (χ1v) is 16.5. The van der Waals surface area contributed by atoms with Crippen LogP contribution in [0.3, 0.4) is 0 Å². The SMILES string of the molecule is CC[C@@H](C)NC(=O)[C@@H](Cc1ccccc1)N(Cc1cccc(OC)c1)C(=O)CCCN1c2cccc3cccc(c23)S1(=O)=O. The molecule has 0 unspecified atom stereocenters. The summed E-state index contributed by atoms with van der Waals surface area (Å²) in [4.78, 5) is 29.8. The van der Waals surface area contributed by atoms with Crippen molar-refractivity contribution in [3.8, 4) is 5.75 Å². The Labute approximate surface area is 259 Å². The van der Waals surface area contributed by atoms with Gasteiger partial charge in [0.15, 0.2) is 0 Å². The van der Waals surface area contributed by atoms with Crippen molar-refractivity contribution >= 4 is 38.3 Å². The molecule has 1 aliphatic heterocycles. The predicted octanol–water partition coefficient (Wildman–Crippen LogP) is 5.69. The standard InChI is InChI=1S/C35H39N3O5S/c1-4-25(2)36-35(40)31(23-26-12-6-5-7-13-26)37(24-27-14-8-17-29(22-27)43-3)33(39)20-11-21-38-30-18-9-15-28-16-10-19-32(34(28)30)44(38,41)42/h5-10,12-19,22,25,31H,4,11,20-21,23-24H2,1-3H3,(H,36,40)/t25-,31-/m1/s1. The Morgan fingerprint density at radius 3 is 2.36 bits per heavy atom. The molecular formula is C35H39N3O5S. The largest absolute Gasteiger partial charge is 0.497 e. The average Bonchev–Trinajstić information content (AvgIpc) is 3.26. The lowest BCUT2D eigenvalue weighted by Crippen LogP contribution is -2.52. The van der Waals surface area contributed by atoms with E-state index in [0.29, 0.717) is 34.6 Å². The highest BCUT2D eigenvalue weighted by molar-refractivity contribution is 7.93. The van der Waals surface area contributed by atoms with Crippen LogP contribution in [0.15, 0.2) is 95.9 Å². The van der Waals surface area contributed by atoms with E-state index in [0.717, 1.165) is 22.9 Å². The molecular weight excluding hydrogens is 574 g/mol. The lowest BCUT2D eigenvalue weighted by atomic mass is 10.0. The molecule has 9 heteroatoms. The van der Waals surface area contributed by atoms with Crippen molar-refractivity contribution in [2.75, 3.05) is 18.0 Å². The summed E-state index contributed by atoms with van der Waals surface area (Å²) in [6.07, 6.45) is 1.47. The van der Waals surface area contributed by atoms with Crippen LogP contribution in [-0.2, 0) is 32.6 Å². The van der Waals surface area contributed by atoms with Gasteiger partial charge in [-0.2, -0.15) is 0 Å². The van der Waals surface area contributed by atoms with E-state index in [9.17, 15) is 18.0 Å². The summed E-state index contributed by atoms with van der Waals surface area (Å²) < 4.78 is 33.8. The maximum Gasteiger partial charge on any atom is 0.265 e. The number of hydrogen-bond donors (Lipinski definition) is 1. The minimum Gasteiger partial charge on any atom is -0.497 e. The Morgan fingerprint density at radius 2 is 1.64 bits per heavy atom. The monoisotopic (exact) mass is 613 g/mol. The van der Waals surface area contributed by atoms with Crippen LogP contribution >= 0.6 is 0 Å². The van der Waals surface area contributed by atoms with E-state index in [2.05, 4.69) is 5.32 Å². The molecule has 1 aliphatic rings. The molecule has 1 N–H and O–H groups in total. The summed E-state index contributed by atoms with van der Waals surface area (Å²) >= 11 is 0. The predicted molar refractivity (Wildman–Crippen MR) is 173 cm³/mol. The number of nitrogens with zero attached hydrogens (tertiary/aromatic N) is 2. The molecule has 4 aromatic carbocycles. The third-order valence-corrected chi connectivity index (χ3v) is 10.0. The van der Waals surface area contributed by atoms with Crippen molar-refractivity contribution in [1.29, 1.82) is 0 Å². The number of hydrogen-bond acceptors (Lipinski definition) is 5. The van der Waals surface area contributed by atoms with Crippen molar-refractivity contribution in [1.82, 2.24) is 10.2 Å². The van der Waals surface area contributed by atoms with Crippen molar-refractivity contribution in [2.45, 2.75) is 63.1 Å². The maximum absolute atomic E-state index is 14.1. The summed E-state index contributed by atoms with van der Waals surface area (Å²) in [5.74, 6) is 0.218. The summed E-state index contributed by atoms with van der Waals surface area (Å²) in [6.45, 7) is 4.30. The van der Waals surface area contributed by atoms with Crippen LogP contribution in [-0.4, -0.2) is 50.9 Å². The number of carbonyl (C=O) groups is 2. The number of carbonyl (C=O) groups excluding carboxylic acids is 2. The van der Waals surface area contributed by atoms with Gasteiger partial charge in [-0.25, -0.2) is 8.42 Å². The number of nitrogens with one attached hydrogen (secondary N) is 1. The van der Waals surface area contributed by atoms with Gasteiger partial charge < -0.3 is 15.0 Å². The number of sulfonamides is 1. The summed E-state index contributed by atoms with van der Waals surface area (Å²) in [7, 11) is -2.14. The number of anilines is 1. The first kappa shape index (κ1) is 31.1. The molecule has 2 atom stereocenters. The van der Waals surface area contributed by atoms with E-state index in [4.69, 9.17) is 4.74 Å². The van der Waals surface area contributed by atoms with Crippen LogP contribution in [0.1, 0.15) is 44.2 Å². The zero-order valence-corrected chi connectivity index (χ0v) is 26.2. The third-order valence-electron chi connectivity index (χ3n) is 8.19. The minimum absolute atomic E-state index is 0.0562. The highest BCUT2D eigenvalue weighted by atomic mass is 32.2. The zero-order chi connectivity index (χ0) is 31.3.